The van der Waals surface area contributed by atoms with E-state index in [1.807, 2.05) is 13.0 Å². The van der Waals surface area contributed by atoms with Crippen LogP contribution in [0.4, 0.5) is 16.2 Å². The van der Waals surface area contributed by atoms with Gasteiger partial charge >= 0.3 is 6.03 Å². The third kappa shape index (κ3) is 6.27. The average Bonchev–Trinajstić information content (AvgIpc) is 3.38. The first-order valence-corrected chi connectivity index (χ1v) is 14.2. The summed E-state index contributed by atoms with van der Waals surface area (Å²) in [7, 11) is -0.806. The van der Waals surface area contributed by atoms with Crippen molar-refractivity contribution in [2.75, 3.05) is 37.4 Å². The molecule has 40 heavy (non-hydrogen) atoms. The van der Waals surface area contributed by atoms with E-state index in [1.54, 1.807) is 65.9 Å². The quantitative estimate of drug-likeness (QED) is 0.377. The van der Waals surface area contributed by atoms with Crippen molar-refractivity contribution in [2.24, 2.45) is 13.0 Å². The van der Waals surface area contributed by atoms with Crippen LogP contribution in [0.5, 0.6) is 5.75 Å². The molecule has 1 aromatic heterocycles. The number of para-hydroxylation sites is 2. The number of aliphatic hydroxyl groups excluding tert-OH is 1. The first kappa shape index (κ1) is 29.1. The number of urea groups is 1. The van der Waals surface area contributed by atoms with Crippen LogP contribution >= 0.6 is 0 Å². The number of likely N-dealkylation sites (N-methyl/N-ethyl adjacent to an activating group) is 1. The van der Waals surface area contributed by atoms with Crippen LogP contribution in [-0.4, -0.2) is 83.1 Å². The first-order valence-electron chi connectivity index (χ1n) is 12.8. The topological polar surface area (TPSA) is 146 Å². The molecule has 4 rings (SSSR count). The molecule has 214 valence electrons. The zero-order valence-corrected chi connectivity index (χ0v) is 23.6. The van der Waals surface area contributed by atoms with Gasteiger partial charge in [0.05, 0.1) is 36.8 Å². The van der Waals surface area contributed by atoms with Gasteiger partial charge in [-0.15, -0.1) is 0 Å². The van der Waals surface area contributed by atoms with E-state index in [0.29, 0.717) is 5.69 Å². The summed E-state index contributed by atoms with van der Waals surface area (Å²) in [6.45, 7) is 3.48. The van der Waals surface area contributed by atoms with Crippen molar-refractivity contribution in [1.82, 2.24) is 18.8 Å². The third-order valence-corrected chi connectivity index (χ3v) is 8.47. The van der Waals surface area contributed by atoms with Crippen molar-refractivity contribution in [2.45, 2.75) is 31.0 Å². The Morgan fingerprint density at radius 1 is 1.20 bits per heavy atom. The number of hydrogen-bond acceptors (Lipinski definition) is 7. The molecule has 1 aliphatic heterocycles. The maximum atomic E-state index is 13.6. The van der Waals surface area contributed by atoms with Gasteiger partial charge in [-0.25, -0.2) is 18.2 Å². The van der Waals surface area contributed by atoms with Gasteiger partial charge in [-0.1, -0.05) is 31.2 Å². The molecular weight excluding hydrogens is 536 g/mol. The Kier molecular flexibility index (Phi) is 8.76. The summed E-state index contributed by atoms with van der Waals surface area (Å²) in [6, 6.07) is 12.6. The highest BCUT2D eigenvalue weighted by molar-refractivity contribution is 7.89. The molecule has 12 nitrogen and oxygen atoms in total. The Balaban J connectivity index is 1.69. The SMILES string of the molecule is C[C@@H]1CN([C@H](C)CO)C(=O)c2cccc(NC(=O)Nc3ccccc3)c2O[C@@H]1CN(C)S(=O)(=O)c1cn(C)cn1. The highest BCUT2D eigenvalue weighted by Gasteiger charge is 2.36. The lowest BCUT2D eigenvalue weighted by Crippen LogP contribution is -2.50. The minimum absolute atomic E-state index is 0.0560. The van der Waals surface area contributed by atoms with Crippen LogP contribution in [0, 0.1) is 5.92 Å². The molecule has 0 saturated carbocycles. The van der Waals surface area contributed by atoms with Gasteiger partial charge in [-0.05, 0) is 31.2 Å². The number of amides is 3. The molecule has 13 heteroatoms. The number of carbonyl (C=O) groups is 2. The molecule has 1 aliphatic rings. The number of imidazole rings is 1. The van der Waals surface area contributed by atoms with Gasteiger partial charge in [0.2, 0.25) is 0 Å². The largest absolute Gasteiger partial charge is 0.486 e. The summed E-state index contributed by atoms with van der Waals surface area (Å²) < 4.78 is 35.5. The molecule has 0 fully saturated rings. The van der Waals surface area contributed by atoms with Crippen molar-refractivity contribution in [1.29, 1.82) is 0 Å². The van der Waals surface area contributed by atoms with Crippen molar-refractivity contribution in [3.05, 3.63) is 66.6 Å². The fourth-order valence-corrected chi connectivity index (χ4v) is 5.54. The van der Waals surface area contributed by atoms with Crippen LogP contribution in [0.15, 0.2) is 66.1 Å². The van der Waals surface area contributed by atoms with Gasteiger partial charge in [-0.2, -0.15) is 4.31 Å². The zero-order chi connectivity index (χ0) is 29.0. The zero-order valence-electron chi connectivity index (χ0n) is 22.8. The molecule has 0 bridgehead atoms. The van der Waals surface area contributed by atoms with E-state index < -0.39 is 28.2 Å². The number of fused-ring (bicyclic) bond motifs is 1. The Bertz CT molecular complexity index is 1460. The number of ether oxygens (including phenoxy) is 1. The van der Waals surface area contributed by atoms with E-state index in [-0.39, 0.29) is 53.5 Å². The monoisotopic (exact) mass is 570 g/mol. The summed E-state index contributed by atoms with van der Waals surface area (Å²) in [5, 5.41) is 15.3. The Morgan fingerprint density at radius 2 is 1.93 bits per heavy atom. The average molecular weight is 571 g/mol. The molecule has 2 heterocycles. The predicted octanol–water partition coefficient (Wildman–Crippen LogP) is 2.60. The molecule has 0 spiro atoms. The number of aryl methyl sites for hydroxylation is 1. The lowest BCUT2D eigenvalue weighted by molar-refractivity contribution is 0.0389. The molecule has 0 saturated heterocycles. The number of rotatable bonds is 8. The maximum Gasteiger partial charge on any atom is 0.323 e. The minimum Gasteiger partial charge on any atom is -0.486 e. The van der Waals surface area contributed by atoms with Crippen molar-refractivity contribution >= 4 is 33.3 Å². The molecule has 2 aromatic carbocycles. The summed E-state index contributed by atoms with van der Waals surface area (Å²) in [5.74, 6) is -0.604. The third-order valence-electron chi connectivity index (χ3n) is 6.76. The van der Waals surface area contributed by atoms with E-state index >= 15 is 0 Å². The number of anilines is 2. The molecule has 0 aliphatic carbocycles. The van der Waals surface area contributed by atoms with Gasteiger partial charge < -0.3 is 29.9 Å². The first-order chi connectivity index (χ1) is 19.0. The smallest absolute Gasteiger partial charge is 0.323 e. The molecule has 3 amide bonds. The minimum atomic E-state index is -3.93. The van der Waals surface area contributed by atoms with Crippen molar-refractivity contribution < 1.29 is 27.9 Å². The molecular formula is C27H34N6O6S. The number of benzene rings is 2. The van der Waals surface area contributed by atoms with Gasteiger partial charge in [0.25, 0.3) is 15.9 Å². The van der Waals surface area contributed by atoms with E-state index in [4.69, 9.17) is 4.74 Å². The lowest BCUT2D eigenvalue weighted by Gasteiger charge is -2.38. The molecule has 3 atom stereocenters. The van der Waals surface area contributed by atoms with Crippen LogP contribution in [-0.2, 0) is 17.1 Å². The number of aliphatic hydroxyl groups is 1. The summed E-state index contributed by atoms with van der Waals surface area (Å²) >= 11 is 0. The van der Waals surface area contributed by atoms with E-state index in [1.165, 1.54) is 19.6 Å². The Morgan fingerprint density at radius 3 is 2.58 bits per heavy atom. The van der Waals surface area contributed by atoms with E-state index in [2.05, 4.69) is 15.6 Å². The predicted molar refractivity (Wildman–Crippen MR) is 150 cm³/mol. The van der Waals surface area contributed by atoms with E-state index in [9.17, 15) is 23.1 Å². The van der Waals surface area contributed by atoms with Crippen molar-refractivity contribution in [3.63, 3.8) is 0 Å². The Labute approximate surface area is 233 Å². The van der Waals surface area contributed by atoms with Gasteiger partial charge in [0.1, 0.15) is 6.10 Å². The molecule has 0 unspecified atom stereocenters. The van der Waals surface area contributed by atoms with Crippen LogP contribution in [0.3, 0.4) is 0 Å². The molecule has 3 aromatic rings. The Hall–Kier alpha value is -3.94. The molecule has 0 radical (unpaired) electrons. The van der Waals surface area contributed by atoms with Gasteiger partial charge in [0, 0.05) is 38.4 Å². The number of nitrogens with zero attached hydrogens (tertiary/aromatic N) is 4. The number of nitrogens with one attached hydrogen (secondary N) is 2. The van der Waals surface area contributed by atoms with E-state index in [0.717, 1.165) is 4.31 Å². The summed E-state index contributed by atoms with van der Waals surface area (Å²) in [5.41, 5.74) is 1.00. The number of carbonyl (C=O) groups excluding carboxylic acids is 2. The number of aromatic nitrogens is 2. The second-order valence-electron chi connectivity index (χ2n) is 9.91. The van der Waals surface area contributed by atoms with Crippen LogP contribution in [0.25, 0.3) is 0 Å². The normalized spacial score (nSPS) is 18.4. The fourth-order valence-electron chi connectivity index (χ4n) is 4.40. The maximum absolute atomic E-state index is 13.6. The van der Waals surface area contributed by atoms with Gasteiger partial charge in [-0.3, -0.25) is 4.79 Å². The number of sulfonamides is 1. The summed E-state index contributed by atoms with van der Waals surface area (Å²) in [6.07, 6.45) is 2.11. The van der Waals surface area contributed by atoms with Crippen molar-refractivity contribution in [3.8, 4) is 5.75 Å². The number of hydrogen-bond donors (Lipinski definition) is 3. The van der Waals surface area contributed by atoms with Crippen LogP contribution in [0.2, 0.25) is 0 Å². The van der Waals surface area contributed by atoms with Crippen LogP contribution < -0.4 is 15.4 Å². The molecule has 3 N–H and O–H groups in total. The van der Waals surface area contributed by atoms with Gasteiger partial charge in [0.15, 0.2) is 10.8 Å². The highest BCUT2D eigenvalue weighted by atomic mass is 32.2. The second-order valence-corrected chi connectivity index (χ2v) is 11.9. The lowest BCUT2D eigenvalue weighted by atomic mass is 9.99. The fraction of sp³-hybridized carbons (Fsp3) is 0.370. The van der Waals surface area contributed by atoms with Crippen LogP contribution in [0.1, 0.15) is 24.2 Å². The second kappa shape index (κ2) is 12.1. The summed E-state index contributed by atoms with van der Waals surface area (Å²) in [4.78, 5) is 32.0. The standard InChI is InChI=1S/C27H34N6O6S/c1-18-13-33(19(2)16-34)26(35)21-11-8-12-22(30-27(36)29-20-9-6-5-7-10-20)25(21)39-23(18)14-32(4)40(37,38)24-15-31(3)17-28-24/h5-12,15,17-19,23,34H,13-14,16H2,1-4H3,(H2,29,30,36)/t18-,19-,23-/m1/s1. The highest BCUT2D eigenvalue weighted by Crippen LogP contribution is 2.35.